The summed E-state index contributed by atoms with van der Waals surface area (Å²) in [5.74, 6) is 2.73. The predicted octanol–water partition coefficient (Wildman–Crippen LogP) is 12.3. The number of ketones is 1. The van der Waals surface area contributed by atoms with Crippen molar-refractivity contribution in [2.24, 2.45) is 16.7 Å². The number of rotatable bonds is 9. The topological polar surface area (TPSA) is 59.4 Å². The van der Waals surface area contributed by atoms with E-state index in [0.29, 0.717) is 17.3 Å². The molecule has 4 aromatic rings. The van der Waals surface area contributed by atoms with E-state index >= 15 is 0 Å². The number of pyridine rings is 1. The molecule has 2 heterocycles. The predicted molar refractivity (Wildman–Crippen MR) is 194 cm³/mol. The quantitative estimate of drug-likeness (QED) is 0.0915. The molecule has 1 aliphatic heterocycles. The van der Waals surface area contributed by atoms with Crippen molar-refractivity contribution >= 4 is 27.3 Å². The molecule has 1 aliphatic rings. The van der Waals surface area contributed by atoms with Crippen LogP contribution < -0.4 is 4.74 Å². The number of benzene rings is 3. The summed E-state index contributed by atoms with van der Waals surface area (Å²) < 4.78 is 6.65. The maximum Gasteiger partial charge on any atom is 0.164 e. The van der Waals surface area contributed by atoms with Crippen LogP contribution in [0.5, 0.6) is 11.5 Å². The van der Waals surface area contributed by atoms with Gasteiger partial charge in [-0.15, -0.1) is 17.5 Å². The van der Waals surface area contributed by atoms with Crippen LogP contribution >= 0.6 is 0 Å². The molecule has 0 atom stereocenters. The Morgan fingerprint density at radius 3 is 2.19 bits per heavy atom. The minimum atomic E-state index is -0.258. The minimum Gasteiger partial charge on any atom is -0.511 e. The summed E-state index contributed by atoms with van der Waals surface area (Å²) in [7, 11) is 0. The van der Waals surface area contributed by atoms with Gasteiger partial charge in [0, 0.05) is 54.3 Å². The molecule has 0 saturated heterocycles. The van der Waals surface area contributed by atoms with Gasteiger partial charge in [0.05, 0.1) is 5.75 Å². The third kappa shape index (κ3) is 8.00. The van der Waals surface area contributed by atoms with E-state index in [0.717, 1.165) is 65.6 Å². The Morgan fingerprint density at radius 2 is 1.62 bits per heavy atom. The number of carbonyl (C=O) groups excluding carboxylic acids is 1. The van der Waals surface area contributed by atoms with Crippen molar-refractivity contribution in [3.05, 3.63) is 77.2 Å². The Morgan fingerprint density at radius 1 is 0.979 bits per heavy atom. The van der Waals surface area contributed by atoms with Crippen LogP contribution in [0.4, 0.5) is 0 Å². The van der Waals surface area contributed by atoms with Gasteiger partial charge in [0.1, 0.15) is 11.5 Å². The van der Waals surface area contributed by atoms with Gasteiger partial charge < -0.3 is 9.84 Å². The zero-order valence-electron chi connectivity index (χ0n) is 30.4. The molecule has 255 valence electrons. The molecule has 5 heteroatoms. The van der Waals surface area contributed by atoms with Crippen LogP contribution in [-0.2, 0) is 31.3 Å². The van der Waals surface area contributed by atoms with Crippen molar-refractivity contribution < 1.29 is 34.7 Å². The van der Waals surface area contributed by atoms with E-state index in [4.69, 9.17) is 9.72 Å². The fourth-order valence-electron chi connectivity index (χ4n) is 6.44. The van der Waals surface area contributed by atoms with E-state index in [-0.39, 0.29) is 42.6 Å². The van der Waals surface area contributed by atoms with Gasteiger partial charge >= 0.3 is 0 Å². The van der Waals surface area contributed by atoms with Crippen LogP contribution in [0, 0.1) is 22.8 Å². The SMILES string of the molecule is CC(C)c1cc2c3c(nccc3c1)-c1[c-]c3ccccc3c(CC(C)(C)C)c1O2.CCC(CC)C(=O)/C(C)=C(\O)C(C)(CC)CC.[Ir]. The maximum atomic E-state index is 12.2. The maximum absolute atomic E-state index is 12.2. The smallest absolute Gasteiger partial charge is 0.164 e. The van der Waals surface area contributed by atoms with E-state index in [1.54, 1.807) is 6.92 Å². The number of hydrogen-bond donors (Lipinski definition) is 1. The van der Waals surface area contributed by atoms with E-state index < -0.39 is 0 Å². The van der Waals surface area contributed by atoms with Crippen molar-refractivity contribution in [1.82, 2.24) is 4.98 Å². The zero-order chi connectivity index (χ0) is 34.0. The second kappa shape index (κ2) is 15.5. The zero-order valence-corrected chi connectivity index (χ0v) is 32.7. The number of fused-ring (bicyclic) bond motifs is 3. The fourth-order valence-corrected chi connectivity index (χ4v) is 6.44. The van der Waals surface area contributed by atoms with Gasteiger partial charge in [-0.3, -0.25) is 9.78 Å². The Bertz CT molecular complexity index is 1750. The molecule has 0 unspecified atom stereocenters. The van der Waals surface area contributed by atoms with Gasteiger partial charge in [-0.25, -0.2) is 0 Å². The van der Waals surface area contributed by atoms with Gasteiger partial charge in [-0.2, -0.15) is 0 Å². The number of aromatic nitrogens is 1. The second-order valence-electron chi connectivity index (χ2n) is 14.7. The normalized spacial score (nSPS) is 13.0. The summed E-state index contributed by atoms with van der Waals surface area (Å²) in [6.45, 7) is 23.2. The number of carbonyl (C=O) groups is 1. The summed E-state index contributed by atoms with van der Waals surface area (Å²) in [6.07, 6.45) is 6.22. The number of aliphatic hydroxyl groups excluding tert-OH is 1. The summed E-state index contributed by atoms with van der Waals surface area (Å²) in [4.78, 5) is 17.0. The molecule has 1 N–H and O–H groups in total. The Balaban J connectivity index is 0.000000290. The Hall–Kier alpha value is -3.01. The molecular weight excluding hydrogens is 759 g/mol. The number of Topliss-reactive ketones (excluding diaryl/α,β-unsaturated/α-hetero) is 1. The first kappa shape index (κ1) is 38.4. The van der Waals surface area contributed by atoms with Crippen LogP contribution in [0.3, 0.4) is 0 Å². The van der Waals surface area contributed by atoms with Crippen molar-refractivity contribution in [3.8, 4) is 22.8 Å². The number of aliphatic hydroxyl groups is 1. The fraction of sp³-hybridized carbons (Fsp3) is 0.476. The standard InChI is InChI=1S/C27H26NO.C15H28O2.Ir/c1-16(2)19-12-18-10-11-28-25-21-13-17-8-6-7-9-20(17)22(15-27(3,4)5)26(21)29-23(14-19)24(18)25;1-7-12(8-2)13(16)11(5)14(17)15(6,9-3)10-4;/h6-12,14,16H,15H2,1-5H3;12,17H,7-10H2,1-6H3;/q-1;;/b;14-11-;. The second-order valence-corrected chi connectivity index (χ2v) is 14.7. The summed E-state index contributed by atoms with van der Waals surface area (Å²) in [6, 6.07) is 18.7. The van der Waals surface area contributed by atoms with Crippen molar-refractivity contribution in [3.63, 3.8) is 0 Å². The van der Waals surface area contributed by atoms with Crippen LogP contribution in [0.15, 0.2) is 60.0 Å². The van der Waals surface area contributed by atoms with Crippen molar-refractivity contribution in [2.45, 2.75) is 114 Å². The molecule has 0 aliphatic carbocycles. The van der Waals surface area contributed by atoms with E-state index in [1.165, 1.54) is 21.9 Å². The average molecular weight is 813 g/mol. The average Bonchev–Trinajstić information content (AvgIpc) is 3.04. The third-order valence-electron chi connectivity index (χ3n) is 9.90. The summed E-state index contributed by atoms with van der Waals surface area (Å²) >= 11 is 0. The van der Waals surface area contributed by atoms with Gasteiger partial charge in [0.2, 0.25) is 0 Å². The van der Waals surface area contributed by atoms with Crippen molar-refractivity contribution in [1.29, 1.82) is 0 Å². The number of hydrogen-bond acceptors (Lipinski definition) is 4. The number of nitrogens with zero attached hydrogens (tertiary/aromatic N) is 1. The summed E-state index contributed by atoms with van der Waals surface area (Å²) in [5, 5.41) is 14.9. The number of ether oxygens (including phenoxy) is 1. The molecule has 0 spiro atoms. The van der Waals surface area contributed by atoms with Gasteiger partial charge in [-0.05, 0) is 73.4 Å². The third-order valence-corrected chi connectivity index (χ3v) is 9.90. The van der Waals surface area contributed by atoms with E-state index in [9.17, 15) is 9.90 Å². The first-order chi connectivity index (χ1) is 21.7. The van der Waals surface area contributed by atoms with Crippen LogP contribution in [0.2, 0.25) is 0 Å². The van der Waals surface area contributed by atoms with Crippen LogP contribution in [0.1, 0.15) is 119 Å². The molecule has 0 amide bonds. The van der Waals surface area contributed by atoms with Gasteiger partial charge in [0.25, 0.3) is 0 Å². The number of allylic oxidation sites excluding steroid dienone is 2. The molecule has 0 bridgehead atoms. The first-order valence-electron chi connectivity index (χ1n) is 17.2. The van der Waals surface area contributed by atoms with Crippen molar-refractivity contribution in [2.75, 3.05) is 0 Å². The molecule has 3 aromatic carbocycles. The molecular formula is C42H54IrNO3-. The van der Waals surface area contributed by atoms with Gasteiger partial charge in [-0.1, -0.05) is 110 Å². The van der Waals surface area contributed by atoms with Crippen LogP contribution in [-0.4, -0.2) is 15.9 Å². The summed E-state index contributed by atoms with van der Waals surface area (Å²) in [5.41, 5.74) is 4.95. The Labute approximate surface area is 296 Å². The largest absolute Gasteiger partial charge is 0.511 e. The molecule has 0 fully saturated rings. The molecule has 0 saturated carbocycles. The minimum absolute atomic E-state index is 0. The first-order valence-corrected chi connectivity index (χ1v) is 17.2. The molecule has 5 rings (SSSR count). The Kier molecular flexibility index (Phi) is 12.7. The van der Waals surface area contributed by atoms with E-state index in [2.05, 4.69) is 97.0 Å². The molecule has 1 aromatic heterocycles. The van der Waals surface area contributed by atoms with E-state index in [1.807, 2.05) is 27.0 Å². The molecule has 4 nitrogen and oxygen atoms in total. The monoisotopic (exact) mass is 813 g/mol. The van der Waals surface area contributed by atoms with Gasteiger partial charge in [0.15, 0.2) is 5.78 Å². The molecule has 1 radical (unpaired) electrons. The molecule has 47 heavy (non-hydrogen) atoms. The van der Waals surface area contributed by atoms with Crippen LogP contribution in [0.25, 0.3) is 32.8 Å².